The molecule has 43 heavy (non-hydrogen) atoms. The summed E-state index contributed by atoms with van der Waals surface area (Å²) < 4.78 is 0. The van der Waals surface area contributed by atoms with Crippen molar-refractivity contribution in [3.63, 3.8) is 0 Å². The first-order valence-electron chi connectivity index (χ1n) is 14.6. The van der Waals surface area contributed by atoms with Gasteiger partial charge in [-0.15, -0.1) is 0 Å². The number of hydrogen-bond donors (Lipinski definition) is 0. The van der Waals surface area contributed by atoms with Crippen LogP contribution in [0.25, 0.3) is 67.1 Å². The molecule has 2 nitrogen and oxygen atoms in total. The topological polar surface area (TPSA) is 25.8 Å². The van der Waals surface area contributed by atoms with Gasteiger partial charge in [-0.05, 0) is 56.8 Å². The number of hydrogen-bond acceptors (Lipinski definition) is 2. The average molecular weight is 551 g/mol. The largest absolute Gasteiger partial charge is 0.228 e. The molecule has 0 saturated carbocycles. The summed E-state index contributed by atoms with van der Waals surface area (Å²) in [5.41, 5.74) is 9.29. The van der Waals surface area contributed by atoms with Crippen LogP contribution in [0.5, 0.6) is 0 Å². The predicted molar refractivity (Wildman–Crippen MR) is 183 cm³/mol. The molecule has 1 aromatic heterocycles. The van der Waals surface area contributed by atoms with Gasteiger partial charge >= 0.3 is 0 Å². The molecule has 0 spiro atoms. The van der Waals surface area contributed by atoms with Gasteiger partial charge in [0.25, 0.3) is 0 Å². The van der Waals surface area contributed by atoms with Crippen LogP contribution in [-0.2, 0) is 0 Å². The molecule has 0 aliphatic rings. The summed E-state index contributed by atoms with van der Waals surface area (Å²) >= 11 is 0. The van der Waals surface area contributed by atoms with E-state index in [1.807, 2.05) is 6.92 Å². The summed E-state index contributed by atoms with van der Waals surface area (Å²) in [7, 11) is 0. The standard InChI is InChI=1S/C41H30N2/c1-3-12-30-13-4-7-18-34(30)28(2)29-23-25-33(26-24-29)41-42-39(37-21-10-16-31-14-5-8-19-35(31)37)27-40(43-41)38-22-11-17-32-15-6-9-20-36(32)38/h3-27H,2H2,1H3/b12-3-. The maximum Gasteiger partial charge on any atom is 0.160 e. The van der Waals surface area contributed by atoms with E-state index in [0.717, 1.165) is 50.3 Å². The molecule has 7 rings (SSSR count). The molecule has 0 N–H and O–H groups in total. The van der Waals surface area contributed by atoms with Crippen LogP contribution in [0.1, 0.15) is 23.6 Å². The lowest BCUT2D eigenvalue weighted by molar-refractivity contribution is 1.19. The number of fused-ring (bicyclic) bond motifs is 2. The van der Waals surface area contributed by atoms with Gasteiger partial charge in [0.2, 0.25) is 0 Å². The lowest BCUT2D eigenvalue weighted by Gasteiger charge is -2.13. The molecule has 2 heteroatoms. The summed E-state index contributed by atoms with van der Waals surface area (Å²) in [6.07, 6.45) is 4.18. The second kappa shape index (κ2) is 11.3. The van der Waals surface area contributed by atoms with Crippen molar-refractivity contribution < 1.29 is 0 Å². The van der Waals surface area contributed by atoms with Crippen LogP contribution in [0.15, 0.2) is 152 Å². The highest BCUT2D eigenvalue weighted by Gasteiger charge is 2.15. The van der Waals surface area contributed by atoms with Crippen molar-refractivity contribution >= 4 is 33.2 Å². The van der Waals surface area contributed by atoms with Crippen LogP contribution in [0.2, 0.25) is 0 Å². The van der Waals surface area contributed by atoms with Crippen molar-refractivity contribution in [3.8, 4) is 33.9 Å². The maximum absolute atomic E-state index is 5.16. The van der Waals surface area contributed by atoms with Crippen molar-refractivity contribution in [2.24, 2.45) is 0 Å². The number of allylic oxidation sites excluding steroid dienone is 1. The fraction of sp³-hybridized carbons (Fsp3) is 0.0244. The summed E-state index contributed by atoms with van der Waals surface area (Å²) in [5.74, 6) is 0.694. The van der Waals surface area contributed by atoms with E-state index in [-0.39, 0.29) is 0 Å². The van der Waals surface area contributed by atoms with Crippen molar-refractivity contribution in [1.29, 1.82) is 0 Å². The molecule has 1 heterocycles. The minimum absolute atomic E-state index is 0.694. The van der Waals surface area contributed by atoms with E-state index >= 15 is 0 Å². The Balaban J connectivity index is 1.37. The molecular formula is C41H30N2. The van der Waals surface area contributed by atoms with Crippen LogP contribution in [0.3, 0.4) is 0 Å². The summed E-state index contributed by atoms with van der Waals surface area (Å²) in [6.45, 7) is 6.48. The van der Waals surface area contributed by atoms with E-state index in [1.165, 1.54) is 21.5 Å². The molecule has 0 aliphatic heterocycles. The Labute approximate surface area is 252 Å². The fourth-order valence-corrected chi connectivity index (χ4v) is 5.82. The molecular weight excluding hydrogens is 520 g/mol. The van der Waals surface area contributed by atoms with Crippen LogP contribution >= 0.6 is 0 Å². The summed E-state index contributed by atoms with van der Waals surface area (Å²) in [5, 5.41) is 4.72. The third kappa shape index (κ3) is 5.05. The Kier molecular flexibility index (Phi) is 6.94. The van der Waals surface area contributed by atoms with Gasteiger partial charge in [-0.2, -0.15) is 0 Å². The van der Waals surface area contributed by atoms with Crippen LogP contribution < -0.4 is 0 Å². The quantitative estimate of drug-likeness (QED) is 0.206. The maximum atomic E-state index is 5.16. The smallest absolute Gasteiger partial charge is 0.160 e. The van der Waals surface area contributed by atoms with Crippen LogP contribution in [0, 0.1) is 0 Å². The lowest BCUT2D eigenvalue weighted by atomic mass is 9.94. The molecule has 0 bridgehead atoms. The molecule has 0 fully saturated rings. The van der Waals surface area contributed by atoms with E-state index in [4.69, 9.17) is 9.97 Å². The SMILES string of the molecule is C=C(c1ccc(-c2nc(-c3cccc4ccccc34)cc(-c3cccc4ccccc34)n2)cc1)c1ccccc1/C=C\C. The van der Waals surface area contributed by atoms with E-state index in [9.17, 15) is 0 Å². The normalized spacial score (nSPS) is 11.4. The molecule has 0 aliphatic carbocycles. The molecule has 6 aromatic carbocycles. The molecule has 0 amide bonds. The minimum Gasteiger partial charge on any atom is -0.228 e. The highest BCUT2D eigenvalue weighted by atomic mass is 14.9. The van der Waals surface area contributed by atoms with Gasteiger partial charge in [-0.3, -0.25) is 0 Å². The molecule has 0 radical (unpaired) electrons. The zero-order valence-corrected chi connectivity index (χ0v) is 24.0. The van der Waals surface area contributed by atoms with E-state index < -0.39 is 0 Å². The summed E-state index contributed by atoms with van der Waals surface area (Å²) in [6, 6.07) is 48.7. The third-order valence-corrected chi connectivity index (χ3v) is 7.98. The second-order valence-corrected chi connectivity index (χ2v) is 10.7. The van der Waals surface area contributed by atoms with E-state index in [0.29, 0.717) is 5.82 Å². The van der Waals surface area contributed by atoms with Crippen molar-refractivity contribution in [2.75, 3.05) is 0 Å². The highest BCUT2D eigenvalue weighted by molar-refractivity contribution is 5.99. The predicted octanol–water partition coefficient (Wildman–Crippen LogP) is 10.9. The minimum atomic E-state index is 0.694. The average Bonchev–Trinajstić information content (AvgIpc) is 3.08. The second-order valence-electron chi connectivity index (χ2n) is 10.7. The number of nitrogens with zero attached hydrogens (tertiary/aromatic N) is 2. The Bertz CT molecular complexity index is 2040. The van der Waals surface area contributed by atoms with E-state index in [1.54, 1.807) is 0 Å². The van der Waals surface area contributed by atoms with Gasteiger partial charge in [-0.25, -0.2) is 9.97 Å². The van der Waals surface area contributed by atoms with Gasteiger partial charge < -0.3 is 0 Å². The summed E-state index contributed by atoms with van der Waals surface area (Å²) in [4.78, 5) is 10.3. The van der Waals surface area contributed by atoms with Crippen molar-refractivity contribution in [1.82, 2.24) is 9.97 Å². The van der Waals surface area contributed by atoms with Crippen LogP contribution in [-0.4, -0.2) is 9.97 Å². The Morgan fingerprint density at radius 3 is 1.72 bits per heavy atom. The highest BCUT2D eigenvalue weighted by Crippen LogP contribution is 2.35. The van der Waals surface area contributed by atoms with Crippen molar-refractivity contribution in [2.45, 2.75) is 6.92 Å². The molecule has 204 valence electrons. The van der Waals surface area contributed by atoms with Gasteiger partial charge in [0.05, 0.1) is 11.4 Å². The van der Waals surface area contributed by atoms with E-state index in [2.05, 4.69) is 158 Å². The zero-order valence-electron chi connectivity index (χ0n) is 24.0. The number of rotatable bonds is 6. The Morgan fingerprint density at radius 2 is 1.12 bits per heavy atom. The molecule has 0 atom stereocenters. The molecule has 0 unspecified atom stereocenters. The number of benzene rings is 6. The first-order valence-corrected chi connectivity index (χ1v) is 14.6. The molecule has 0 saturated heterocycles. The van der Waals surface area contributed by atoms with Gasteiger partial charge in [0.15, 0.2) is 5.82 Å². The van der Waals surface area contributed by atoms with Gasteiger partial charge in [-0.1, -0.05) is 152 Å². The first-order chi connectivity index (χ1) is 21.2. The Hall–Kier alpha value is -5.60. The van der Waals surface area contributed by atoms with Crippen molar-refractivity contribution in [3.05, 3.63) is 169 Å². The zero-order chi connectivity index (χ0) is 29.2. The van der Waals surface area contributed by atoms with Gasteiger partial charge in [0.1, 0.15) is 0 Å². The lowest BCUT2D eigenvalue weighted by Crippen LogP contribution is -1.97. The Morgan fingerprint density at radius 1 is 0.581 bits per heavy atom. The first kappa shape index (κ1) is 26.3. The number of aromatic nitrogens is 2. The fourth-order valence-electron chi connectivity index (χ4n) is 5.82. The van der Waals surface area contributed by atoms with Crippen LogP contribution in [0.4, 0.5) is 0 Å². The monoisotopic (exact) mass is 550 g/mol. The van der Waals surface area contributed by atoms with Gasteiger partial charge in [0, 0.05) is 16.7 Å². The third-order valence-electron chi connectivity index (χ3n) is 7.98. The molecule has 7 aromatic rings.